The Balaban J connectivity index is 3.21. The van der Waals surface area contributed by atoms with E-state index in [2.05, 4.69) is 9.97 Å². The molecular formula is C12H16N4O2. The second kappa shape index (κ2) is 5.45. The van der Waals surface area contributed by atoms with Crippen LogP contribution in [0.15, 0.2) is 12.3 Å². The van der Waals surface area contributed by atoms with Gasteiger partial charge in [0.1, 0.15) is 0 Å². The fourth-order valence-corrected chi connectivity index (χ4v) is 1.33. The zero-order valence-corrected chi connectivity index (χ0v) is 11.0. The van der Waals surface area contributed by atoms with Crippen molar-refractivity contribution in [2.24, 2.45) is 0 Å². The predicted molar refractivity (Wildman–Crippen MR) is 66.0 cm³/mol. The molecule has 1 unspecified atom stereocenters. The van der Waals surface area contributed by atoms with E-state index in [9.17, 15) is 10.1 Å². The average molecular weight is 248 g/mol. The molecule has 6 heteroatoms. The molecule has 0 fully saturated rings. The third kappa shape index (κ3) is 2.56. The number of hydrogen-bond donors (Lipinski definition) is 0. The number of nitriles is 1. The molecule has 0 aromatic carbocycles. The number of hydrogen-bond acceptors (Lipinski definition) is 6. The van der Waals surface area contributed by atoms with E-state index in [1.807, 2.05) is 6.07 Å². The molecule has 6 nitrogen and oxygen atoms in total. The highest BCUT2D eigenvalue weighted by Crippen LogP contribution is 2.23. The van der Waals surface area contributed by atoms with E-state index < -0.39 is 11.4 Å². The maximum atomic E-state index is 11.9. The Morgan fingerprint density at radius 1 is 1.61 bits per heavy atom. The topological polar surface area (TPSA) is 79.1 Å². The summed E-state index contributed by atoms with van der Waals surface area (Å²) in [6, 6.07) is 3.51. The monoisotopic (exact) mass is 248 g/mol. The molecule has 1 heterocycles. The van der Waals surface area contributed by atoms with Gasteiger partial charge in [-0.3, -0.25) is 0 Å². The third-order valence-corrected chi connectivity index (χ3v) is 2.46. The van der Waals surface area contributed by atoms with Crippen LogP contribution in [0.2, 0.25) is 0 Å². The number of anilines is 1. The summed E-state index contributed by atoms with van der Waals surface area (Å²) in [5.41, 5.74) is -1.08. The maximum Gasteiger partial charge on any atom is 0.332 e. The molecule has 1 aromatic rings. The minimum Gasteiger partial charge on any atom is -0.465 e. The molecule has 18 heavy (non-hydrogen) atoms. The smallest absolute Gasteiger partial charge is 0.332 e. The second-order valence-corrected chi connectivity index (χ2v) is 4.09. The van der Waals surface area contributed by atoms with Gasteiger partial charge in [-0.2, -0.15) is 5.26 Å². The van der Waals surface area contributed by atoms with E-state index in [-0.39, 0.29) is 6.61 Å². The van der Waals surface area contributed by atoms with Gasteiger partial charge in [0, 0.05) is 20.3 Å². The first-order chi connectivity index (χ1) is 8.45. The van der Waals surface area contributed by atoms with Gasteiger partial charge in [-0.15, -0.1) is 0 Å². The molecular weight excluding hydrogens is 232 g/mol. The van der Waals surface area contributed by atoms with Crippen LogP contribution in [0.1, 0.15) is 19.5 Å². The van der Waals surface area contributed by atoms with Gasteiger partial charge in [-0.1, -0.05) is 0 Å². The van der Waals surface area contributed by atoms with Crippen molar-refractivity contribution in [2.45, 2.75) is 19.3 Å². The number of esters is 1. The largest absolute Gasteiger partial charge is 0.465 e. The van der Waals surface area contributed by atoms with Crippen LogP contribution in [0, 0.1) is 11.3 Å². The summed E-state index contributed by atoms with van der Waals surface area (Å²) in [7, 11) is 3.57. The quantitative estimate of drug-likeness (QED) is 0.736. The minimum atomic E-state index is -1.41. The molecule has 0 aliphatic heterocycles. The summed E-state index contributed by atoms with van der Waals surface area (Å²) in [5, 5.41) is 9.24. The third-order valence-electron chi connectivity index (χ3n) is 2.46. The molecule has 0 amide bonds. The molecule has 0 bridgehead atoms. The number of aromatic nitrogens is 2. The molecule has 0 saturated heterocycles. The van der Waals surface area contributed by atoms with Crippen molar-refractivity contribution < 1.29 is 9.53 Å². The molecule has 0 N–H and O–H groups in total. The predicted octanol–water partition coefficient (Wildman–Crippen LogP) is 0.887. The highest BCUT2D eigenvalue weighted by molar-refractivity contribution is 5.85. The standard InChI is InChI=1S/C12H16N4O2/c1-5-18-10(17)12(2,8-13)9-6-7-14-11(15-9)16(3)4/h6-7H,5H2,1-4H3. The first-order valence-corrected chi connectivity index (χ1v) is 5.55. The zero-order valence-electron chi connectivity index (χ0n) is 11.0. The Hall–Kier alpha value is -2.16. The fourth-order valence-electron chi connectivity index (χ4n) is 1.33. The molecule has 1 rings (SSSR count). The summed E-state index contributed by atoms with van der Waals surface area (Å²) < 4.78 is 4.92. The molecule has 0 radical (unpaired) electrons. The molecule has 0 saturated carbocycles. The SMILES string of the molecule is CCOC(=O)C(C)(C#N)c1ccnc(N(C)C)n1. The molecule has 0 aliphatic carbocycles. The number of nitrogens with zero attached hydrogens (tertiary/aromatic N) is 4. The summed E-state index contributed by atoms with van der Waals surface area (Å²) in [5.74, 6) is -0.158. The number of ether oxygens (including phenoxy) is 1. The summed E-state index contributed by atoms with van der Waals surface area (Å²) in [6.07, 6.45) is 1.52. The zero-order chi connectivity index (χ0) is 13.8. The van der Waals surface area contributed by atoms with Crippen molar-refractivity contribution >= 4 is 11.9 Å². The summed E-state index contributed by atoms with van der Waals surface area (Å²) >= 11 is 0. The van der Waals surface area contributed by atoms with Crippen LogP contribution in [-0.2, 0) is 14.9 Å². The van der Waals surface area contributed by atoms with Crippen LogP contribution in [0.5, 0.6) is 0 Å². The molecule has 1 atom stereocenters. The lowest BCUT2D eigenvalue weighted by molar-refractivity contribution is -0.147. The Bertz CT molecular complexity index is 481. The van der Waals surface area contributed by atoms with Crippen LogP contribution in [0.4, 0.5) is 5.95 Å². The molecule has 1 aromatic heterocycles. The highest BCUT2D eigenvalue weighted by Gasteiger charge is 2.39. The lowest BCUT2D eigenvalue weighted by Crippen LogP contribution is -2.34. The summed E-state index contributed by atoms with van der Waals surface area (Å²) in [6.45, 7) is 3.41. The van der Waals surface area contributed by atoms with E-state index in [0.717, 1.165) is 0 Å². The fraction of sp³-hybridized carbons (Fsp3) is 0.500. The number of carbonyl (C=O) groups excluding carboxylic acids is 1. The highest BCUT2D eigenvalue weighted by atomic mass is 16.5. The second-order valence-electron chi connectivity index (χ2n) is 4.09. The van der Waals surface area contributed by atoms with Crippen LogP contribution in [0.3, 0.4) is 0 Å². The van der Waals surface area contributed by atoms with Crippen LogP contribution < -0.4 is 4.90 Å². The van der Waals surface area contributed by atoms with Gasteiger partial charge < -0.3 is 9.64 Å². The first kappa shape index (κ1) is 13.9. The summed E-state index contributed by atoms with van der Waals surface area (Å²) in [4.78, 5) is 21.8. The van der Waals surface area contributed by atoms with Gasteiger partial charge in [-0.05, 0) is 19.9 Å². The van der Waals surface area contributed by atoms with E-state index in [1.54, 1.807) is 32.0 Å². The van der Waals surface area contributed by atoms with Gasteiger partial charge in [0.2, 0.25) is 5.95 Å². The lowest BCUT2D eigenvalue weighted by atomic mass is 9.88. The molecule has 96 valence electrons. The Morgan fingerprint density at radius 3 is 2.78 bits per heavy atom. The lowest BCUT2D eigenvalue weighted by Gasteiger charge is -2.20. The Labute approximate surface area is 106 Å². The van der Waals surface area contributed by atoms with E-state index >= 15 is 0 Å². The molecule has 0 aliphatic rings. The maximum absolute atomic E-state index is 11.9. The van der Waals surface area contributed by atoms with Gasteiger partial charge in [0.15, 0.2) is 5.41 Å². The minimum absolute atomic E-state index is 0.224. The number of carbonyl (C=O) groups is 1. The van der Waals surface area contributed by atoms with Gasteiger partial charge in [0.05, 0.1) is 18.4 Å². The van der Waals surface area contributed by atoms with Crippen molar-refractivity contribution in [3.63, 3.8) is 0 Å². The number of rotatable bonds is 4. The van der Waals surface area contributed by atoms with Gasteiger partial charge in [0.25, 0.3) is 0 Å². The van der Waals surface area contributed by atoms with Crippen molar-refractivity contribution in [1.29, 1.82) is 5.26 Å². The van der Waals surface area contributed by atoms with Crippen molar-refractivity contribution in [3.05, 3.63) is 18.0 Å². The van der Waals surface area contributed by atoms with Crippen molar-refractivity contribution in [1.82, 2.24) is 9.97 Å². The van der Waals surface area contributed by atoms with Crippen LogP contribution in [-0.4, -0.2) is 36.6 Å². The average Bonchev–Trinajstić information content (AvgIpc) is 2.38. The molecule has 0 spiro atoms. The van der Waals surface area contributed by atoms with Crippen LogP contribution >= 0.6 is 0 Å². The van der Waals surface area contributed by atoms with Crippen molar-refractivity contribution in [2.75, 3.05) is 25.6 Å². The Kier molecular flexibility index (Phi) is 4.21. The normalized spacial score (nSPS) is 13.3. The first-order valence-electron chi connectivity index (χ1n) is 5.55. The van der Waals surface area contributed by atoms with Gasteiger partial charge in [-0.25, -0.2) is 14.8 Å². The van der Waals surface area contributed by atoms with E-state index in [0.29, 0.717) is 11.6 Å². The van der Waals surface area contributed by atoms with Crippen LogP contribution in [0.25, 0.3) is 0 Å². The Morgan fingerprint density at radius 2 is 2.28 bits per heavy atom. The van der Waals surface area contributed by atoms with E-state index in [1.165, 1.54) is 13.1 Å². The van der Waals surface area contributed by atoms with Gasteiger partial charge >= 0.3 is 5.97 Å². The van der Waals surface area contributed by atoms with E-state index in [4.69, 9.17) is 4.74 Å². The van der Waals surface area contributed by atoms with Crippen molar-refractivity contribution in [3.8, 4) is 6.07 Å².